The van der Waals surface area contributed by atoms with Crippen LogP contribution in [0.5, 0.6) is 17.2 Å². The van der Waals surface area contributed by atoms with Gasteiger partial charge < -0.3 is 29.4 Å². The second kappa shape index (κ2) is 5.84. The van der Waals surface area contributed by atoms with Crippen LogP contribution in [-0.2, 0) is 7.05 Å². The van der Waals surface area contributed by atoms with Gasteiger partial charge in [0.15, 0.2) is 22.9 Å². The fourth-order valence-corrected chi connectivity index (χ4v) is 7.44. The van der Waals surface area contributed by atoms with Crippen LogP contribution in [0, 0.1) is 0 Å². The molecule has 6 aromatic heterocycles. The molecule has 0 radical (unpaired) electrons. The molecule has 7 nitrogen and oxygen atoms in total. The molecular weight excluding hydrogens is 452 g/mol. The zero-order chi connectivity index (χ0) is 21.0. The van der Waals surface area contributed by atoms with Crippen LogP contribution < -0.4 is 0 Å². The Morgan fingerprint density at radius 1 is 1.03 bits per heavy atom. The van der Waals surface area contributed by atoms with Gasteiger partial charge in [0.05, 0.1) is 25.3 Å². The van der Waals surface area contributed by atoms with Crippen LogP contribution in [0.1, 0.15) is 18.9 Å². The van der Waals surface area contributed by atoms with E-state index in [1.165, 1.54) is 40.2 Å². The number of aryl methyl sites for hydroxylation is 1. The number of nitrogens with zero attached hydrogens (tertiary/aromatic N) is 3. The van der Waals surface area contributed by atoms with Crippen molar-refractivity contribution in [2.45, 2.75) is 18.9 Å². The van der Waals surface area contributed by atoms with Crippen molar-refractivity contribution < 1.29 is 15.3 Å². The van der Waals surface area contributed by atoms with Gasteiger partial charge in [0.1, 0.15) is 21.1 Å². The summed E-state index contributed by atoms with van der Waals surface area (Å²) in [7, 11) is 1.96. The Morgan fingerprint density at radius 3 is 2.58 bits per heavy atom. The summed E-state index contributed by atoms with van der Waals surface area (Å²) in [6.07, 6.45) is 3.64. The highest BCUT2D eigenvalue weighted by Gasteiger charge is 2.34. The zero-order valence-corrected chi connectivity index (χ0v) is 18.7. The Balaban J connectivity index is 1.48. The number of aromatic hydroxyl groups is 3. The van der Waals surface area contributed by atoms with Gasteiger partial charge in [0.2, 0.25) is 0 Å². The second-order valence-electron chi connectivity index (χ2n) is 7.89. The van der Waals surface area contributed by atoms with Crippen LogP contribution >= 0.6 is 34.0 Å². The van der Waals surface area contributed by atoms with Crippen molar-refractivity contribution in [2.75, 3.05) is 0 Å². The fraction of sp³-hybridized carbons (Fsp3) is 0.190. The zero-order valence-electron chi connectivity index (χ0n) is 16.2. The lowest BCUT2D eigenvalue weighted by Gasteiger charge is -2.07. The van der Waals surface area contributed by atoms with Crippen molar-refractivity contribution in [2.24, 2.45) is 7.05 Å². The van der Waals surface area contributed by atoms with Crippen molar-refractivity contribution in [3.8, 4) is 38.5 Å². The van der Waals surface area contributed by atoms with Crippen molar-refractivity contribution in [1.82, 2.24) is 19.1 Å². The molecule has 1 aliphatic carbocycles. The fourth-order valence-electron chi connectivity index (χ4n) is 4.41. The van der Waals surface area contributed by atoms with Gasteiger partial charge in [-0.15, -0.1) is 34.0 Å². The number of thiophene rings is 2. The summed E-state index contributed by atoms with van der Waals surface area (Å²) in [6, 6.07) is 4.40. The summed E-state index contributed by atoms with van der Waals surface area (Å²) in [5.41, 5.74) is 4.07. The number of thiazole rings is 1. The minimum Gasteiger partial charge on any atom is -0.505 e. The summed E-state index contributed by atoms with van der Waals surface area (Å²) >= 11 is 4.38. The first kappa shape index (κ1) is 17.7. The third kappa shape index (κ3) is 2.24. The lowest BCUT2D eigenvalue weighted by atomic mass is 10.3. The van der Waals surface area contributed by atoms with Crippen LogP contribution in [0.15, 0.2) is 23.7 Å². The van der Waals surface area contributed by atoms with Crippen LogP contribution in [-0.4, -0.2) is 34.4 Å². The number of hydrogen-bond donors (Lipinski definition) is 4. The van der Waals surface area contributed by atoms with E-state index in [1.807, 2.05) is 23.1 Å². The van der Waals surface area contributed by atoms with Crippen molar-refractivity contribution in [3.05, 3.63) is 23.7 Å². The third-order valence-corrected chi connectivity index (χ3v) is 9.12. The van der Waals surface area contributed by atoms with Crippen LogP contribution in [0.25, 0.3) is 52.1 Å². The first-order chi connectivity index (χ1) is 15.0. The molecule has 7 rings (SSSR count). The minimum atomic E-state index is 0.172. The molecule has 10 heteroatoms. The van der Waals surface area contributed by atoms with Crippen molar-refractivity contribution in [1.29, 1.82) is 0 Å². The molecule has 0 aromatic carbocycles. The molecule has 1 fully saturated rings. The quantitative estimate of drug-likeness (QED) is 0.257. The smallest absolute Gasteiger partial charge is 0.161 e. The van der Waals surface area contributed by atoms with Gasteiger partial charge in [-0.25, -0.2) is 4.98 Å². The van der Waals surface area contributed by atoms with Gasteiger partial charge >= 0.3 is 0 Å². The van der Waals surface area contributed by atoms with Crippen LogP contribution in [0.2, 0.25) is 0 Å². The summed E-state index contributed by atoms with van der Waals surface area (Å²) in [5, 5.41) is 34.8. The molecule has 1 saturated carbocycles. The van der Waals surface area contributed by atoms with Gasteiger partial charge in [-0.1, -0.05) is 0 Å². The molecule has 0 bridgehead atoms. The molecule has 0 amide bonds. The van der Waals surface area contributed by atoms with E-state index >= 15 is 0 Å². The van der Waals surface area contributed by atoms with Gasteiger partial charge in [-0.05, 0) is 30.4 Å². The summed E-state index contributed by atoms with van der Waals surface area (Å²) < 4.78 is 6.56. The average Bonchev–Trinajstić information content (AvgIpc) is 3.18. The van der Waals surface area contributed by atoms with Gasteiger partial charge in [0, 0.05) is 19.3 Å². The normalized spacial score (nSPS) is 14.6. The molecule has 6 heterocycles. The monoisotopic (exact) mass is 468 g/mol. The standard InChI is InChI=1S/C21H16N4O3S3/c1-24-9-4-5-29-17(9)15(27)13(24)12-6-10-18(30-12)16(28)14(25(10)8-2-3-8)21-23-20-19(31-21)11(26)7-22-20/h4-8,22,26-28H,2-3H2,1H3. The number of aromatic amines is 1. The molecular formula is C21H16N4O3S3. The molecule has 1 aliphatic rings. The number of fused-ring (bicyclic) bond motifs is 3. The summed E-state index contributed by atoms with van der Waals surface area (Å²) in [6.45, 7) is 0. The maximum Gasteiger partial charge on any atom is 0.161 e. The molecule has 0 atom stereocenters. The maximum atomic E-state index is 11.2. The number of nitrogens with one attached hydrogen (secondary N) is 1. The van der Waals surface area contributed by atoms with E-state index in [0.29, 0.717) is 32.8 Å². The molecule has 0 unspecified atom stereocenters. The molecule has 0 spiro atoms. The maximum absolute atomic E-state index is 11.2. The van der Waals surface area contributed by atoms with Gasteiger partial charge in [-0.3, -0.25) is 0 Å². The van der Waals surface area contributed by atoms with Crippen LogP contribution in [0.3, 0.4) is 0 Å². The number of H-pyrrole nitrogens is 1. The molecule has 4 N–H and O–H groups in total. The predicted octanol–water partition coefficient (Wildman–Crippen LogP) is 5.98. The Bertz CT molecular complexity index is 1620. The van der Waals surface area contributed by atoms with E-state index in [1.54, 1.807) is 0 Å². The first-order valence-corrected chi connectivity index (χ1v) is 12.3. The topological polar surface area (TPSA) is 99.2 Å². The lowest BCUT2D eigenvalue weighted by molar-refractivity contribution is 0.481. The summed E-state index contributed by atoms with van der Waals surface area (Å²) in [5.74, 6) is 0.675. The largest absolute Gasteiger partial charge is 0.505 e. The van der Waals surface area contributed by atoms with E-state index in [0.717, 1.165) is 43.8 Å². The number of aromatic nitrogens is 4. The first-order valence-electron chi connectivity index (χ1n) is 9.82. The van der Waals surface area contributed by atoms with E-state index in [-0.39, 0.29) is 11.5 Å². The van der Waals surface area contributed by atoms with Crippen LogP contribution in [0.4, 0.5) is 0 Å². The molecule has 156 valence electrons. The molecule has 31 heavy (non-hydrogen) atoms. The van der Waals surface area contributed by atoms with Crippen molar-refractivity contribution in [3.63, 3.8) is 0 Å². The SMILES string of the molecule is Cn1c(-c2cc3c(s2)c(O)c(-c2nc4[nH]cc(O)c4s2)n3C2CC2)c(O)c2sccc21. The highest BCUT2D eigenvalue weighted by Crippen LogP contribution is 2.54. The van der Waals surface area contributed by atoms with Gasteiger partial charge in [-0.2, -0.15) is 0 Å². The van der Waals surface area contributed by atoms with Crippen molar-refractivity contribution >= 4 is 64.8 Å². The third-order valence-electron chi connectivity index (χ3n) is 5.99. The van der Waals surface area contributed by atoms with E-state index in [4.69, 9.17) is 0 Å². The predicted molar refractivity (Wildman–Crippen MR) is 126 cm³/mol. The highest BCUT2D eigenvalue weighted by molar-refractivity contribution is 7.23. The molecule has 0 saturated heterocycles. The average molecular weight is 469 g/mol. The Morgan fingerprint density at radius 2 is 1.84 bits per heavy atom. The Hall–Kier alpha value is -2.95. The molecule has 6 aromatic rings. The second-order valence-corrected chi connectivity index (χ2v) is 10.9. The Kier molecular flexibility index (Phi) is 3.34. The van der Waals surface area contributed by atoms with Gasteiger partial charge in [0.25, 0.3) is 0 Å². The van der Waals surface area contributed by atoms with E-state index in [9.17, 15) is 15.3 Å². The number of hydrogen-bond acceptors (Lipinski definition) is 7. The Labute approximate surface area is 187 Å². The number of rotatable bonds is 3. The van der Waals surface area contributed by atoms with E-state index < -0.39 is 0 Å². The molecule has 0 aliphatic heterocycles. The lowest BCUT2D eigenvalue weighted by Crippen LogP contribution is -1.96. The highest BCUT2D eigenvalue weighted by atomic mass is 32.1. The summed E-state index contributed by atoms with van der Waals surface area (Å²) in [4.78, 5) is 8.52. The van der Waals surface area contributed by atoms with E-state index in [2.05, 4.69) is 20.6 Å². The minimum absolute atomic E-state index is 0.172.